The first kappa shape index (κ1) is 11.5. The molecule has 0 aromatic heterocycles. The molecule has 1 aromatic carbocycles. The molecule has 3 heteroatoms. The van der Waals surface area contributed by atoms with E-state index in [4.69, 9.17) is 0 Å². The third kappa shape index (κ3) is 2.99. The molecule has 0 aliphatic carbocycles. The Morgan fingerprint density at radius 1 is 1.33 bits per heavy atom. The van der Waals surface area contributed by atoms with Gasteiger partial charge in [-0.1, -0.05) is 28.1 Å². The normalized spacial score (nSPS) is 23.7. The van der Waals surface area contributed by atoms with Gasteiger partial charge in [-0.2, -0.15) is 11.8 Å². The van der Waals surface area contributed by atoms with Crippen LogP contribution in [-0.2, 0) is 0 Å². The summed E-state index contributed by atoms with van der Waals surface area (Å²) < 4.78 is 1.07. The Bertz CT molecular complexity index is 306. The summed E-state index contributed by atoms with van der Waals surface area (Å²) in [6.07, 6.45) is 2.11. The fraction of sp³-hybridized carbons (Fsp3) is 0.500. The number of hydrogen-bond acceptors (Lipinski definition) is 2. The molecule has 1 saturated heterocycles. The summed E-state index contributed by atoms with van der Waals surface area (Å²) in [6.45, 7) is 0. The molecule has 2 rings (SSSR count). The number of benzene rings is 1. The Balaban J connectivity index is 2.05. The molecule has 0 bridgehead atoms. The molecule has 1 aromatic rings. The molecule has 1 heterocycles. The van der Waals surface area contributed by atoms with Gasteiger partial charge < -0.3 is 5.11 Å². The number of thioether (sulfide) groups is 1. The molecular weight excluding hydrogens is 272 g/mol. The van der Waals surface area contributed by atoms with Crippen LogP contribution >= 0.6 is 27.7 Å². The quantitative estimate of drug-likeness (QED) is 0.896. The molecule has 15 heavy (non-hydrogen) atoms. The van der Waals surface area contributed by atoms with Crippen molar-refractivity contribution in [3.63, 3.8) is 0 Å². The molecule has 0 spiro atoms. The van der Waals surface area contributed by atoms with Crippen LogP contribution in [0.5, 0.6) is 0 Å². The van der Waals surface area contributed by atoms with E-state index in [9.17, 15) is 5.11 Å². The summed E-state index contributed by atoms with van der Waals surface area (Å²) in [4.78, 5) is 0. The minimum absolute atomic E-state index is 0.286. The van der Waals surface area contributed by atoms with E-state index in [-0.39, 0.29) is 6.10 Å². The molecule has 1 nitrogen and oxygen atoms in total. The summed E-state index contributed by atoms with van der Waals surface area (Å²) >= 11 is 5.36. The van der Waals surface area contributed by atoms with Gasteiger partial charge in [0.25, 0.3) is 0 Å². The lowest BCUT2D eigenvalue weighted by atomic mass is 9.93. The van der Waals surface area contributed by atoms with E-state index in [0.717, 1.165) is 22.2 Å². The molecule has 1 aliphatic heterocycles. The highest BCUT2D eigenvalue weighted by atomic mass is 79.9. The predicted molar refractivity (Wildman–Crippen MR) is 69.2 cm³/mol. The molecule has 0 amide bonds. The van der Waals surface area contributed by atoms with Crippen molar-refractivity contribution >= 4 is 27.7 Å². The summed E-state index contributed by atoms with van der Waals surface area (Å²) in [5.41, 5.74) is 1.05. The number of rotatable bonds is 2. The van der Waals surface area contributed by atoms with Crippen molar-refractivity contribution in [2.75, 3.05) is 11.5 Å². The standard InChI is InChI=1S/C12H15BrOS/c13-11-5-3-9(4-6-11)12(14)10-2-1-7-15-8-10/h3-6,10,12,14H,1-2,7-8H2. The van der Waals surface area contributed by atoms with Crippen LogP contribution in [0.15, 0.2) is 28.7 Å². The van der Waals surface area contributed by atoms with Crippen LogP contribution in [0, 0.1) is 5.92 Å². The molecule has 1 N–H and O–H groups in total. The SMILES string of the molecule is OC(c1ccc(Br)cc1)C1CCCSC1. The van der Waals surface area contributed by atoms with Gasteiger partial charge in [-0.05, 0) is 48.0 Å². The molecule has 82 valence electrons. The van der Waals surface area contributed by atoms with Crippen LogP contribution in [0.4, 0.5) is 0 Å². The lowest BCUT2D eigenvalue weighted by Gasteiger charge is -2.26. The van der Waals surface area contributed by atoms with Crippen molar-refractivity contribution in [2.45, 2.75) is 18.9 Å². The zero-order valence-corrected chi connectivity index (χ0v) is 10.9. The third-order valence-corrected chi connectivity index (χ3v) is 4.62. The molecule has 0 saturated carbocycles. The van der Waals surface area contributed by atoms with Gasteiger partial charge in [-0.15, -0.1) is 0 Å². The van der Waals surface area contributed by atoms with Gasteiger partial charge in [0.05, 0.1) is 6.10 Å². The van der Waals surface area contributed by atoms with Crippen molar-refractivity contribution in [2.24, 2.45) is 5.92 Å². The van der Waals surface area contributed by atoms with Gasteiger partial charge in [0.1, 0.15) is 0 Å². The zero-order chi connectivity index (χ0) is 10.7. The largest absolute Gasteiger partial charge is 0.388 e. The second kappa shape index (κ2) is 5.37. The summed E-state index contributed by atoms with van der Waals surface area (Å²) in [6, 6.07) is 8.01. The molecule has 0 radical (unpaired) electrons. The summed E-state index contributed by atoms with van der Waals surface area (Å²) in [5, 5.41) is 10.2. The molecular formula is C12H15BrOS. The molecule has 2 unspecified atom stereocenters. The highest BCUT2D eigenvalue weighted by molar-refractivity contribution is 9.10. The minimum Gasteiger partial charge on any atom is -0.388 e. The van der Waals surface area contributed by atoms with Crippen molar-refractivity contribution in [3.8, 4) is 0 Å². The second-order valence-electron chi connectivity index (χ2n) is 3.97. The monoisotopic (exact) mass is 286 g/mol. The predicted octanol–water partition coefficient (Wildman–Crippen LogP) is 3.63. The van der Waals surface area contributed by atoms with E-state index in [1.165, 1.54) is 12.2 Å². The van der Waals surface area contributed by atoms with Gasteiger partial charge in [-0.25, -0.2) is 0 Å². The Hall–Kier alpha value is 0.01000. The second-order valence-corrected chi connectivity index (χ2v) is 6.04. The van der Waals surface area contributed by atoms with Crippen molar-refractivity contribution in [1.82, 2.24) is 0 Å². The van der Waals surface area contributed by atoms with E-state index in [2.05, 4.69) is 15.9 Å². The van der Waals surface area contributed by atoms with Gasteiger partial charge in [-0.3, -0.25) is 0 Å². The van der Waals surface area contributed by atoms with Crippen LogP contribution in [0.2, 0.25) is 0 Å². The van der Waals surface area contributed by atoms with E-state index in [1.54, 1.807) is 0 Å². The molecule has 1 fully saturated rings. The third-order valence-electron chi connectivity index (χ3n) is 2.85. The lowest BCUT2D eigenvalue weighted by molar-refractivity contribution is 0.113. The summed E-state index contributed by atoms with van der Waals surface area (Å²) in [7, 11) is 0. The van der Waals surface area contributed by atoms with Crippen molar-refractivity contribution in [1.29, 1.82) is 0 Å². The smallest absolute Gasteiger partial charge is 0.0826 e. The topological polar surface area (TPSA) is 20.2 Å². The average molecular weight is 287 g/mol. The number of aliphatic hydroxyl groups is 1. The molecule has 1 aliphatic rings. The van der Waals surface area contributed by atoms with Crippen LogP contribution in [-0.4, -0.2) is 16.6 Å². The maximum Gasteiger partial charge on any atom is 0.0826 e. The van der Waals surface area contributed by atoms with Gasteiger partial charge >= 0.3 is 0 Å². The number of aliphatic hydroxyl groups excluding tert-OH is 1. The van der Waals surface area contributed by atoms with Crippen LogP contribution in [0.25, 0.3) is 0 Å². The number of halogens is 1. The average Bonchev–Trinajstić information content (AvgIpc) is 2.30. The van der Waals surface area contributed by atoms with Gasteiger partial charge in [0.2, 0.25) is 0 Å². The first-order valence-electron chi connectivity index (χ1n) is 5.28. The van der Waals surface area contributed by atoms with Crippen molar-refractivity contribution < 1.29 is 5.11 Å². The van der Waals surface area contributed by atoms with Gasteiger partial charge in [0.15, 0.2) is 0 Å². The first-order chi connectivity index (χ1) is 7.27. The van der Waals surface area contributed by atoms with Gasteiger partial charge in [0, 0.05) is 4.47 Å². The van der Waals surface area contributed by atoms with E-state index in [0.29, 0.717) is 5.92 Å². The number of hydrogen-bond donors (Lipinski definition) is 1. The Kier molecular flexibility index (Phi) is 4.12. The first-order valence-corrected chi connectivity index (χ1v) is 7.23. The van der Waals surface area contributed by atoms with E-state index >= 15 is 0 Å². The molecule has 2 atom stereocenters. The Labute approximate surface area is 103 Å². The summed E-state index contributed by atoms with van der Waals surface area (Å²) in [5.74, 6) is 2.78. The van der Waals surface area contributed by atoms with Crippen LogP contribution in [0.1, 0.15) is 24.5 Å². The van der Waals surface area contributed by atoms with E-state index in [1.807, 2.05) is 36.0 Å². The highest BCUT2D eigenvalue weighted by Gasteiger charge is 2.23. The van der Waals surface area contributed by atoms with E-state index < -0.39 is 0 Å². The fourth-order valence-corrected chi connectivity index (χ4v) is 3.40. The van der Waals surface area contributed by atoms with Crippen molar-refractivity contribution in [3.05, 3.63) is 34.3 Å². The Morgan fingerprint density at radius 3 is 2.67 bits per heavy atom. The highest BCUT2D eigenvalue weighted by Crippen LogP contribution is 2.33. The Morgan fingerprint density at radius 2 is 2.07 bits per heavy atom. The zero-order valence-electron chi connectivity index (χ0n) is 8.53. The maximum atomic E-state index is 10.2. The minimum atomic E-state index is -0.286. The van der Waals surface area contributed by atoms with Crippen LogP contribution < -0.4 is 0 Å². The lowest BCUT2D eigenvalue weighted by Crippen LogP contribution is -2.18. The maximum absolute atomic E-state index is 10.2. The van der Waals surface area contributed by atoms with Crippen LogP contribution in [0.3, 0.4) is 0 Å². The fourth-order valence-electron chi connectivity index (χ4n) is 1.95.